The molecule has 0 aromatic heterocycles. The van der Waals surface area contributed by atoms with E-state index in [1.807, 2.05) is 11.9 Å². The number of benzene rings is 1. The normalized spacial score (nSPS) is 27.1. The van der Waals surface area contributed by atoms with Gasteiger partial charge in [0, 0.05) is 31.7 Å². The molecular formula is C21H28FN3O2. The fourth-order valence-electron chi connectivity index (χ4n) is 4.94. The molecule has 2 heterocycles. The van der Waals surface area contributed by atoms with Gasteiger partial charge in [-0.15, -0.1) is 0 Å². The first-order valence-corrected chi connectivity index (χ1v) is 10.0. The number of piperazine rings is 1. The van der Waals surface area contributed by atoms with Gasteiger partial charge in [-0.05, 0) is 50.4 Å². The van der Waals surface area contributed by atoms with Gasteiger partial charge in [0.25, 0.3) is 0 Å². The Morgan fingerprint density at radius 1 is 1.26 bits per heavy atom. The number of carbonyl (C=O) groups excluding carboxylic acids is 2. The first kappa shape index (κ1) is 18.4. The standard InChI is InChI=1S/C21H28FN3O2/c1-23-13-20(27)25(18-8-4-7-17(22)12-18)15-21(23)9-10-24(14-21)19(26)11-16-5-2-3-6-16/h4,7-8,12,16H,2-3,5-6,9-11,13-15H2,1H3. The van der Waals surface area contributed by atoms with Crippen molar-refractivity contribution in [1.29, 1.82) is 0 Å². The number of rotatable bonds is 3. The molecule has 1 aliphatic carbocycles. The molecule has 2 aliphatic heterocycles. The van der Waals surface area contributed by atoms with Gasteiger partial charge in [-0.3, -0.25) is 14.5 Å². The third-order valence-electron chi connectivity index (χ3n) is 6.68. The molecule has 1 saturated carbocycles. The van der Waals surface area contributed by atoms with Gasteiger partial charge in [-0.2, -0.15) is 0 Å². The van der Waals surface area contributed by atoms with E-state index in [-0.39, 0.29) is 23.2 Å². The Morgan fingerprint density at radius 3 is 2.78 bits per heavy atom. The van der Waals surface area contributed by atoms with E-state index in [1.54, 1.807) is 17.0 Å². The van der Waals surface area contributed by atoms with Gasteiger partial charge in [0.2, 0.25) is 11.8 Å². The van der Waals surface area contributed by atoms with E-state index < -0.39 is 0 Å². The predicted molar refractivity (Wildman–Crippen MR) is 102 cm³/mol. The molecule has 3 fully saturated rings. The van der Waals surface area contributed by atoms with Crippen molar-refractivity contribution >= 4 is 17.5 Å². The molecule has 27 heavy (non-hydrogen) atoms. The number of hydrogen-bond donors (Lipinski definition) is 0. The second kappa shape index (κ2) is 7.23. The zero-order chi connectivity index (χ0) is 19.0. The molecule has 0 radical (unpaired) electrons. The van der Waals surface area contributed by atoms with Crippen molar-refractivity contribution in [2.45, 2.75) is 44.1 Å². The fourth-order valence-corrected chi connectivity index (χ4v) is 4.94. The Kier molecular flexibility index (Phi) is 4.93. The molecule has 1 aromatic rings. The lowest BCUT2D eigenvalue weighted by Crippen LogP contribution is -2.64. The second-order valence-corrected chi connectivity index (χ2v) is 8.46. The monoisotopic (exact) mass is 373 g/mol. The van der Waals surface area contributed by atoms with Crippen molar-refractivity contribution in [1.82, 2.24) is 9.80 Å². The van der Waals surface area contributed by atoms with E-state index in [4.69, 9.17) is 0 Å². The highest BCUT2D eigenvalue weighted by Crippen LogP contribution is 2.35. The summed E-state index contributed by atoms with van der Waals surface area (Å²) in [6.07, 6.45) is 6.34. The van der Waals surface area contributed by atoms with Gasteiger partial charge < -0.3 is 9.80 Å². The maximum Gasteiger partial charge on any atom is 0.241 e. The molecule has 146 valence electrons. The van der Waals surface area contributed by atoms with Crippen molar-refractivity contribution in [2.75, 3.05) is 38.1 Å². The van der Waals surface area contributed by atoms with Gasteiger partial charge in [0.15, 0.2) is 0 Å². The van der Waals surface area contributed by atoms with Crippen LogP contribution in [0.1, 0.15) is 38.5 Å². The second-order valence-electron chi connectivity index (χ2n) is 8.46. The van der Waals surface area contributed by atoms with Crippen LogP contribution in [0, 0.1) is 11.7 Å². The van der Waals surface area contributed by atoms with Gasteiger partial charge in [0.05, 0.1) is 12.1 Å². The van der Waals surface area contributed by atoms with Gasteiger partial charge in [-0.25, -0.2) is 4.39 Å². The van der Waals surface area contributed by atoms with Crippen LogP contribution in [-0.2, 0) is 9.59 Å². The third kappa shape index (κ3) is 3.59. The Labute approximate surface area is 160 Å². The maximum absolute atomic E-state index is 13.7. The van der Waals surface area contributed by atoms with Crippen LogP contribution in [0.25, 0.3) is 0 Å². The minimum atomic E-state index is -0.340. The Hall–Kier alpha value is -1.95. The predicted octanol–water partition coefficient (Wildman–Crippen LogP) is 2.66. The minimum Gasteiger partial charge on any atom is -0.341 e. The summed E-state index contributed by atoms with van der Waals surface area (Å²) < 4.78 is 13.7. The number of likely N-dealkylation sites (tertiary alicyclic amines) is 1. The van der Waals surface area contributed by atoms with E-state index in [2.05, 4.69) is 4.90 Å². The first-order valence-electron chi connectivity index (χ1n) is 10.0. The SMILES string of the molecule is CN1CC(=O)N(c2cccc(F)c2)CC12CCN(C(=O)CC1CCCC1)C2. The average molecular weight is 373 g/mol. The number of halogens is 1. The topological polar surface area (TPSA) is 43.9 Å². The van der Waals surface area contributed by atoms with Gasteiger partial charge in [-0.1, -0.05) is 18.9 Å². The molecule has 2 amide bonds. The number of hydrogen-bond acceptors (Lipinski definition) is 3. The highest BCUT2D eigenvalue weighted by Gasteiger charge is 2.48. The fraction of sp³-hybridized carbons (Fsp3) is 0.619. The van der Waals surface area contributed by atoms with Crippen molar-refractivity contribution in [3.8, 4) is 0 Å². The molecule has 1 unspecified atom stereocenters. The smallest absolute Gasteiger partial charge is 0.241 e. The number of likely N-dealkylation sites (N-methyl/N-ethyl adjacent to an activating group) is 1. The summed E-state index contributed by atoms with van der Waals surface area (Å²) in [4.78, 5) is 31.1. The van der Waals surface area contributed by atoms with Crippen LogP contribution in [-0.4, -0.2) is 60.4 Å². The summed E-state index contributed by atoms with van der Waals surface area (Å²) in [6.45, 7) is 2.18. The lowest BCUT2D eigenvalue weighted by molar-refractivity contribution is -0.131. The summed E-state index contributed by atoms with van der Waals surface area (Å²) in [5, 5.41) is 0. The van der Waals surface area contributed by atoms with E-state index in [0.29, 0.717) is 37.7 Å². The molecule has 0 bridgehead atoms. The van der Waals surface area contributed by atoms with Crippen LogP contribution in [0.5, 0.6) is 0 Å². The highest BCUT2D eigenvalue weighted by atomic mass is 19.1. The van der Waals surface area contributed by atoms with E-state index in [1.165, 1.54) is 37.8 Å². The van der Waals surface area contributed by atoms with Crippen molar-refractivity contribution in [3.05, 3.63) is 30.1 Å². The van der Waals surface area contributed by atoms with E-state index in [9.17, 15) is 14.0 Å². The molecule has 2 saturated heterocycles. The van der Waals surface area contributed by atoms with Gasteiger partial charge >= 0.3 is 0 Å². The molecule has 4 rings (SSSR count). The van der Waals surface area contributed by atoms with Crippen LogP contribution in [0.2, 0.25) is 0 Å². The van der Waals surface area contributed by atoms with E-state index >= 15 is 0 Å². The zero-order valence-electron chi connectivity index (χ0n) is 16.0. The third-order valence-corrected chi connectivity index (χ3v) is 6.68. The lowest BCUT2D eigenvalue weighted by Gasteiger charge is -2.46. The summed E-state index contributed by atoms with van der Waals surface area (Å²) in [5.41, 5.74) is 0.356. The van der Waals surface area contributed by atoms with Crippen LogP contribution in [0.3, 0.4) is 0 Å². The average Bonchev–Trinajstić information content (AvgIpc) is 3.29. The van der Waals surface area contributed by atoms with Crippen LogP contribution < -0.4 is 4.90 Å². The summed E-state index contributed by atoms with van der Waals surface area (Å²) in [6, 6.07) is 6.21. The molecule has 0 N–H and O–H groups in total. The number of carbonyl (C=O) groups is 2. The summed E-state index contributed by atoms with van der Waals surface area (Å²) in [5.74, 6) is 0.433. The van der Waals surface area contributed by atoms with E-state index in [0.717, 1.165) is 13.0 Å². The molecule has 3 aliphatic rings. The molecular weight excluding hydrogens is 345 g/mol. The number of amides is 2. The number of nitrogens with zero attached hydrogens (tertiary/aromatic N) is 3. The van der Waals surface area contributed by atoms with Crippen molar-refractivity contribution in [3.63, 3.8) is 0 Å². The molecule has 1 atom stereocenters. The molecule has 1 spiro atoms. The Balaban J connectivity index is 1.48. The zero-order valence-corrected chi connectivity index (χ0v) is 16.0. The Morgan fingerprint density at radius 2 is 2.04 bits per heavy atom. The van der Waals surface area contributed by atoms with Crippen LogP contribution in [0.4, 0.5) is 10.1 Å². The van der Waals surface area contributed by atoms with Crippen molar-refractivity contribution in [2.24, 2.45) is 5.92 Å². The maximum atomic E-state index is 13.7. The quantitative estimate of drug-likeness (QED) is 0.818. The molecule has 1 aromatic carbocycles. The molecule has 5 nitrogen and oxygen atoms in total. The van der Waals surface area contributed by atoms with Gasteiger partial charge in [0.1, 0.15) is 5.82 Å². The summed E-state index contributed by atoms with van der Waals surface area (Å²) in [7, 11) is 1.96. The largest absolute Gasteiger partial charge is 0.341 e. The summed E-state index contributed by atoms with van der Waals surface area (Å²) >= 11 is 0. The van der Waals surface area contributed by atoms with Crippen molar-refractivity contribution < 1.29 is 14.0 Å². The number of anilines is 1. The highest BCUT2D eigenvalue weighted by molar-refractivity contribution is 5.96. The first-order chi connectivity index (χ1) is 13.0. The minimum absolute atomic E-state index is 0.0237. The lowest BCUT2D eigenvalue weighted by atomic mass is 9.92. The van der Waals surface area contributed by atoms with Crippen LogP contribution >= 0.6 is 0 Å². The Bertz CT molecular complexity index is 734. The van der Waals surface area contributed by atoms with Crippen LogP contribution in [0.15, 0.2) is 24.3 Å². The molecule has 6 heteroatoms.